The summed E-state index contributed by atoms with van der Waals surface area (Å²) < 4.78 is 0. The number of amides is 1. The van der Waals surface area contributed by atoms with Crippen molar-refractivity contribution in [2.45, 2.75) is 25.8 Å². The van der Waals surface area contributed by atoms with Gasteiger partial charge in [-0.1, -0.05) is 12.1 Å². The predicted octanol–water partition coefficient (Wildman–Crippen LogP) is 1.64. The summed E-state index contributed by atoms with van der Waals surface area (Å²) in [4.78, 5) is 13.2. The van der Waals surface area contributed by atoms with Gasteiger partial charge in [-0.15, -0.1) is 0 Å². The molecule has 1 fully saturated rings. The fourth-order valence-electron chi connectivity index (χ4n) is 2.22. The van der Waals surface area contributed by atoms with Gasteiger partial charge in [0.05, 0.1) is 0 Å². The first-order chi connectivity index (χ1) is 8.58. The van der Waals surface area contributed by atoms with Gasteiger partial charge in [-0.2, -0.15) is 0 Å². The van der Waals surface area contributed by atoms with Gasteiger partial charge in [0.1, 0.15) is 6.04 Å². The van der Waals surface area contributed by atoms with Crippen molar-refractivity contribution < 1.29 is 4.79 Å². The zero-order valence-corrected chi connectivity index (χ0v) is 11.2. The van der Waals surface area contributed by atoms with Crippen molar-refractivity contribution in [1.82, 2.24) is 4.90 Å². The van der Waals surface area contributed by atoms with E-state index >= 15 is 0 Å². The quantitative estimate of drug-likeness (QED) is 0.796. The van der Waals surface area contributed by atoms with Gasteiger partial charge in [-0.05, 0) is 49.7 Å². The average molecular weight is 263 g/mol. The summed E-state index contributed by atoms with van der Waals surface area (Å²) in [5, 5.41) is 3.73. The van der Waals surface area contributed by atoms with Crippen LogP contribution in [0.25, 0.3) is 0 Å². The molecule has 18 heavy (non-hydrogen) atoms. The predicted molar refractivity (Wildman–Crippen MR) is 76.3 cm³/mol. The van der Waals surface area contributed by atoms with E-state index in [4.69, 9.17) is 18.0 Å². The van der Waals surface area contributed by atoms with Crippen molar-refractivity contribution in [2.24, 2.45) is 5.73 Å². The molecule has 0 aliphatic carbocycles. The van der Waals surface area contributed by atoms with Crippen molar-refractivity contribution >= 4 is 28.9 Å². The van der Waals surface area contributed by atoms with Crippen LogP contribution >= 0.6 is 12.2 Å². The molecule has 1 aromatic rings. The fourth-order valence-corrected chi connectivity index (χ4v) is 2.56. The number of hydrogen-bond acceptors (Lipinski definition) is 2. The molecule has 0 unspecified atom stereocenters. The van der Waals surface area contributed by atoms with E-state index in [1.165, 1.54) is 0 Å². The van der Waals surface area contributed by atoms with Gasteiger partial charge in [0, 0.05) is 12.2 Å². The number of benzene rings is 1. The Hall–Kier alpha value is -1.62. The summed E-state index contributed by atoms with van der Waals surface area (Å²) in [6, 6.07) is 7.69. The van der Waals surface area contributed by atoms with Gasteiger partial charge < -0.3 is 16.0 Å². The lowest BCUT2D eigenvalue weighted by atomic mass is 10.2. The number of aryl methyl sites for hydroxylation is 1. The number of carbonyl (C=O) groups is 1. The summed E-state index contributed by atoms with van der Waals surface area (Å²) in [6.45, 7) is 2.81. The third-order valence-corrected chi connectivity index (χ3v) is 3.45. The Bertz CT molecular complexity index is 475. The molecule has 1 heterocycles. The molecule has 96 valence electrons. The van der Waals surface area contributed by atoms with E-state index in [2.05, 4.69) is 5.32 Å². The highest BCUT2D eigenvalue weighted by atomic mass is 32.1. The molecule has 1 atom stereocenters. The minimum atomic E-state index is -0.305. The van der Waals surface area contributed by atoms with Crippen LogP contribution in [0.4, 0.5) is 5.69 Å². The third-order valence-electron chi connectivity index (χ3n) is 3.11. The van der Waals surface area contributed by atoms with Crippen LogP contribution in [-0.2, 0) is 4.79 Å². The third kappa shape index (κ3) is 2.79. The number of primary amides is 1. The molecule has 1 aromatic carbocycles. The normalized spacial score (nSPS) is 18.7. The second kappa shape index (κ2) is 5.35. The summed E-state index contributed by atoms with van der Waals surface area (Å²) in [5.41, 5.74) is 7.48. The first kappa shape index (κ1) is 12.8. The van der Waals surface area contributed by atoms with Crippen LogP contribution < -0.4 is 11.1 Å². The second-order valence-electron chi connectivity index (χ2n) is 4.55. The molecule has 0 bridgehead atoms. The minimum Gasteiger partial charge on any atom is -0.368 e. The van der Waals surface area contributed by atoms with Crippen LogP contribution in [0.3, 0.4) is 0 Å². The van der Waals surface area contributed by atoms with Crippen LogP contribution in [0.2, 0.25) is 0 Å². The number of nitrogens with two attached hydrogens (primary N) is 1. The van der Waals surface area contributed by atoms with Gasteiger partial charge in [-0.25, -0.2) is 0 Å². The number of nitrogens with one attached hydrogen (secondary N) is 1. The van der Waals surface area contributed by atoms with Crippen LogP contribution in [0.1, 0.15) is 18.4 Å². The molecule has 2 rings (SSSR count). The van der Waals surface area contributed by atoms with E-state index in [0.717, 1.165) is 30.6 Å². The number of anilines is 1. The fraction of sp³-hybridized carbons (Fsp3) is 0.385. The molecule has 0 aromatic heterocycles. The Morgan fingerprint density at radius 2 is 2.33 bits per heavy atom. The van der Waals surface area contributed by atoms with Crippen molar-refractivity contribution in [3.8, 4) is 0 Å². The van der Waals surface area contributed by atoms with Gasteiger partial charge in [-0.3, -0.25) is 4.79 Å². The first-order valence-electron chi connectivity index (χ1n) is 6.01. The number of rotatable bonds is 2. The van der Waals surface area contributed by atoms with Gasteiger partial charge in [0.15, 0.2) is 5.11 Å². The molecule has 0 radical (unpaired) electrons. The Morgan fingerprint density at radius 3 is 3.00 bits per heavy atom. The molecule has 3 N–H and O–H groups in total. The zero-order valence-electron chi connectivity index (χ0n) is 10.3. The van der Waals surface area contributed by atoms with E-state index < -0.39 is 0 Å². The Kier molecular flexibility index (Phi) is 3.81. The monoisotopic (exact) mass is 263 g/mol. The molecule has 1 aliphatic heterocycles. The van der Waals surface area contributed by atoms with Crippen molar-refractivity contribution in [3.63, 3.8) is 0 Å². The van der Waals surface area contributed by atoms with Gasteiger partial charge in [0.25, 0.3) is 0 Å². The average Bonchev–Trinajstić information content (AvgIpc) is 2.77. The van der Waals surface area contributed by atoms with E-state index in [9.17, 15) is 4.79 Å². The Balaban J connectivity index is 2.06. The minimum absolute atomic E-state index is 0.269. The first-order valence-corrected chi connectivity index (χ1v) is 6.42. The largest absolute Gasteiger partial charge is 0.368 e. The van der Waals surface area contributed by atoms with Gasteiger partial charge >= 0.3 is 0 Å². The summed E-state index contributed by atoms with van der Waals surface area (Å²) >= 11 is 5.34. The Labute approximate surface area is 112 Å². The maximum atomic E-state index is 11.3. The lowest BCUT2D eigenvalue weighted by Crippen LogP contribution is -2.45. The van der Waals surface area contributed by atoms with Crippen molar-refractivity contribution in [3.05, 3.63) is 29.8 Å². The maximum absolute atomic E-state index is 11.3. The van der Waals surface area contributed by atoms with E-state index in [1.54, 1.807) is 0 Å². The zero-order chi connectivity index (χ0) is 13.1. The number of hydrogen-bond donors (Lipinski definition) is 2. The lowest BCUT2D eigenvalue weighted by Gasteiger charge is -2.25. The summed E-state index contributed by atoms with van der Waals surface area (Å²) in [6.07, 6.45) is 1.73. The molecular formula is C13H17N3OS. The summed E-state index contributed by atoms with van der Waals surface area (Å²) in [5.74, 6) is -0.305. The molecule has 0 saturated carbocycles. The maximum Gasteiger partial charge on any atom is 0.240 e. The molecule has 1 aliphatic rings. The topological polar surface area (TPSA) is 58.4 Å². The molecule has 4 nitrogen and oxygen atoms in total. The number of nitrogens with zero attached hydrogens (tertiary/aromatic N) is 1. The lowest BCUT2D eigenvalue weighted by molar-refractivity contribution is -0.121. The van der Waals surface area contributed by atoms with E-state index in [0.29, 0.717) is 5.11 Å². The SMILES string of the molecule is Cc1cccc(NC(=S)N2CCC[C@H]2C(N)=O)c1. The standard InChI is InChI=1S/C13H17N3OS/c1-9-4-2-5-10(8-9)15-13(18)16-7-3-6-11(16)12(14)17/h2,4-5,8,11H,3,6-7H2,1H3,(H2,14,17)(H,15,18)/t11-/m0/s1. The molecule has 5 heteroatoms. The number of carbonyl (C=O) groups excluding carboxylic acids is 1. The Morgan fingerprint density at radius 1 is 1.56 bits per heavy atom. The molecule has 0 spiro atoms. The molecule has 1 amide bonds. The second-order valence-corrected chi connectivity index (χ2v) is 4.94. The van der Waals surface area contributed by atoms with Crippen molar-refractivity contribution in [2.75, 3.05) is 11.9 Å². The molecule has 1 saturated heterocycles. The van der Waals surface area contributed by atoms with E-state index in [1.807, 2.05) is 36.1 Å². The number of thiocarbonyl (C=S) groups is 1. The van der Waals surface area contributed by atoms with Crippen molar-refractivity contribution in [1.29, 1.82) is 0 Å². The highest BCUT2D eigenvalue weighted by molar-refractivity contribution is 7.80. The highest BCUT2D eigenvalue weighted by Gasteiger charge is 2.30. The molecular weight excluding hydrogens is 246 g/mol. The summed E-state index contributed by atoms with van der Waals surface area (Å²) in [7, 11) is 0. The smallest absolute Gasteiger partial charge is 0.240 e. The van der Waals surface area contributed by atoms with Crippen LogP contribution in [0.5, 0.6) is 0 Å². The van der Waals surface area contributed by atoms with Crippen LogP contribution in [0, 0.1) is 6.92 Å². The van der Waals surface area contributed by atoms with Crippen LogP contribution in [-0.4, -0.2) is 28.5 Å². The van der Waals surface area contributed by atoms with E-state index in [-0.39, 0.29) is 11.9 Å². The van der Waals surface area contributed by atoms with Gasteiger partial charge in [0.2, 0.25) is 5.91 Å². The number of likely N-dealkylation sites (tertiary alicyclic amines) is 1. The van der Waals surface area contributed by atoms with Crippen LogP contribution in [0.15, 0.2) is 24.3 Å². The highest BCUT2D eigenvalue weighted by Crippen LogP contribution is 2.19.